The third-order valence-corrected chi connectivity index (χ3v) is 3.00. The molecule has 0 radical (unpaired) electrons. The zero-order valence-electron chi connectivity index (χ0n) is 12.5. The number of benzene rings is 1. The molecular formula is C16H18N4O2. The molecule has 1 aromatic carbocycles. The number of carbonyl (C=O) groups excluding carboxylic acids is 2. The molecule has 0 saturated heterocycles. The van der Waals surface area contributed by atoms with E-state index in [2.05, 4.69) is 15.6 Å². The molecule has 2 rings (SSSR count). The molecule has 6 nitrogen and oxygen atoms in total. The second-order valence-electron chi connectivity index (χ2n) is 4.91. The second kappa shape index (κ2) is 7.21. The minimum Gasteiger partial charge on any atom is -0.378 e. The number of anilines is 2. The molecule has 1 aromatic heterocycles. The molecule has 0 aliphatic heterocycles. The van der Waals surface area contributed by atoms with E-state index in [1.54, 1.807) is 18.3 Å². The van der Waals surface area contributed by atoms with Gasteiger partial charge in [-0.25, -0.2) is 0 Å². The lowest BCUT2D eigenvalue weighted by Crippen LogP contribution is -2.32. The van der Waals surface area contributed by atoms with Crippen molar-refractivity contribution >= 4 is 23.2 Å². The highest BCUT2D eigenvalue weighted by atomic mass is 16.2. The molecule has 0 saturated carbocycles. The normalized spacial score (nSPS) is 9.91. The lowest BCUT2D eigenvalue weighted by molar-refractivity contribution is -0.115. The zero-order chi connectivity index (χ0) is 15.9. The van der Waals surface area contributed by atoms with Crippen LogP contribution >= 0.6 is 0 Å². The molecule has 0 spiro atoms. The van der Waals surface area contributed by atoms with Crippen LogP contribution in [-0.4, -0.2) is 37.4 Å². The van der Waals surface area contributed by atoms with Gasteiger partial charge in [0.2, 0.25) is 5.91 Å². The Morgan fingerprint density at radius 1 is 1.14 bits per heavy atom. The van der Waals surface area contributed by atoms with Gasteiger partial charge < -0.3 is 15.5 Å². The molecule has 0 bridgehead atoms. The quantitative estimate of drug-likeness (QED) is 0.877. The molecular weight excluding hydrogens is 280 g/mol. The van der Waals surface area contributed by atoms with E-state index in [4.69, 9.17) is 0 Å². The number of carbonyl (C=O) groups is 2. The minimum atomic E-state index is -0.328. The predicted molar refractivity (Wildman–Crippen MR) is 86.0 cm³/mol. The van der Waals surface area contributed by atoms with E-state index in [0.717, 1.165) is 5.69 Å². The number of hydrogen-bond acceptors (Lipinski definition) is 4. The number of pyridine rings is 1. The highest BCUT2D eigenvalue weighted by Crippen LogP contribution is 2.15. The summed E-state index contributed by atoms with van der Waals surface area (Å²) in [5, 5.41) is 5.28. The summed E-state index contributed by atoms with van der Waals surface area (Å²) in [6.45, 7) is -0.0941. The average molecular weight is 298 g/mol. The molecule has 22 heavy (non-hydrogen) atoms. The summed E-state index contributed by atoms with van der Waals surface area (Å²) in [5.41, 5.74) is 2.15. The number of nitrogens with one attached hydrogen (secondary N) is 2. The Hall–Kier alpha value is -2.89. The van der Waals surface area contributed by atoms with E-state index in [0.29, 0.717) is 11.3 Å². The van der Waals surface area contributed by atoms with Gasteiger partial charge in [-0.05, 0) is 36.4 Å². The molecule has 0 fully saturated rings. The molecule has 6 heteroatoms. The Kier molecular flexibility index (Phi) is 5.08. The van der Waals surface area contributed by atoms with Crippen molar-refractivity contribution in [2.45, 2.75) is 0 Å². The van der Waals surface area contributed by atoms with Crippen molar-refractivity contribution in [1.82, 2.24) is 10.3 Å². The Morgan fingerprint density at radius 3 is 2.45 bits per heavy atom. The van der Waals surface area contributed by atoms with Gasteiger partial charge >= 0.3 is 0 Å². The number of amides is 2. The van der Waals surface area contributed by atoms with Crippen molar-refractivity contribution in [1.29, 1.82) is 0 Å². The van der Waals surface area contributed by atoms with Gasteiger partial charge in [0.15, 0.2) is 0 Å². The molecule has 0 aliphatic carbocycles. The number of hydrogen-bond donors (Lipinski definition) is 2. The Labute approximate surface area is 129 Å². The summed E-state index contributed by atoms with van der Waals surface area (Å²) in [4.78, 5) is 29.4. The fourth-order valence-electron chi connectivity index (χ4n) is 1.81. The number of nitrogens with zero attached hydrogens (tertiary/aromatic N) is 2. The molecule has 0 aliphatic rings. The van der Waals surface area contributed by atoms with E-state index >= 15 is 0 Å². The van der Waals surface area contributed by atoms with E-state index in [1.807, 2.05) is 43.3 Å². The average Bonchev–Trinajstić information content (AvgIpc) is 2.54. The van der Waals surface area contributed by atoms with Crippen LogP contribution in [0.5, 0.6) is 0 Å². The highest BCUT2D eigenvalue weighted by molar-refractivity contribution is 5.99. The van der Waals surface area contributed by atoms with E-state index in [1.165, 1.54) is 6.20 Å². The van der Waals surface area contributed by atoms with Gasteiger partial charge in [0.05, 0.1) is 12.1 Å². The summed E-state index contributed by atoms with van der Waals surface area (Å²) in [5.74, 6) is -0.610. The summed E-state index contributed by atoms with van der Waals surface area (Å²) in [7, 11) is 3.89. The van der Waals surface area contributed by atoms with Crippen LogP contribution in [0.25, 0.3) is 0 Å². The van der Waals surface area contributed by atoms with Crippen molar-refractivity contribution in [3.63, 3.8) is 0 Å². The van der Waals surface area contributed by atoms with Crippen LogP contribution in [0.2, 0.25) is 0 Å². The van der Waals surface area contributed by atoms with Crippen molar-refractivity contribution in [2.75, 3.05) is 30.9 Å². The minimum absolute atomic E-state index is 0.0941. The second-order valence-corrected chi connectivity index (χ2v) is 4.91. The fourth-order valence-corrected chi connectivity index (χ4v) is 1.81. The molecule has 2 aromatic rings. The Balaban J connectivity index is 1.84. The maximum atomic E-state index is 11.8. The molecule has 0 atom stereocenters. The van der Waals surface area contributed by atoms with Gasteiger partial charge in [-0.2, -0.15) is 0 Å². The lowest BCUT2D eigenvalue weighted by atomic mass is 10.2. The molecule has 2 N–H and O–H groups in total. The summed E-state index contributed by atoms with van der Waals surface area (Å²) >= 11 is 0. The van der Waals surface area contributed by atoms with Crippen LogP contribution in [-0.2, 0) is 4.79 Å². The third kappa shape index (κ3) is 4.31. The van der Waals surface area contributed by atoms with Gasteiger partial charge in [0.25, 0.3) is 5.91 Å². The first kappa shape index (κ1) is 15.5. The number of rotatable bonds is 5. The fraction of sp³-hybridized carbons (Fsp3) is 0.188. The van der Waals surface area contributed by atoms with Crippen molar-refractivity contribution in [3.8, 4) is 0 Å². The predicted octanol–water partition coefficient (Wildman–Crippen LogP) is 1.52. The van der Waals surface area contributed by atoms with Gasteiger partial charge in [-0.3, -0.25) is 14.6 Å². The van der Waals surface area contributed by atoms with Crippen LogP contribution in [0, 0.1) is 0 Å². The Morgan fingerprint density at radius 2 is 1.86 bits per heavy atom. The summed E-state index contributed by atoms with van der Waals surface area (Å²) in [6.07, 6.45) is 3.04. The van der Waals surface area contributed by atoms with E-state index in [-0.39, 0.29) is 18.4 Å². The maximum absolute atomic E-state index is 11.8. The monoisotopic (exact) mass is 298 g/mol. The third-order valence-electron chi connectivity index (χ3n) is 3.00. The summed E-state index contributed by atoms with van der Waals surface area (Å²) < 4.78 is 0. The topological polar surface area (TPSA) is 74.3 Å². The molecule has 2 amide bonds. The zero-order valence-corrected chi connectivity index (χ0v) is 12.5. The van der Waals surface area contributed by atoms with Crippen LogP contribution in [0.1, 0.15) is 10.4 Å². The SMILES string of the molecule is CN(C)c1ccc(NC(=O)CNC(=O)c2cccnc2)cc1. The van der Waals surface area contributed by atoms with Crippen LogP contribution in [0.15, 0.2) is 48.8 Å². The first-order valence-corrected chi connectivity index (χ1v) is 6.82. The molecule has 114 valence electrons. The van der Waals surface area contributed by atoms with Crippen LogP contribution in [0.3, 0.4) is 0 Å². The van der Waals surface area contributed by atoms with Gasteiger partial charge in [0.1, 0.15) is 0 Å². The van der Waals surface area contributed by atoms with Gasteiger partial charge in [-0.15, -0.1) is 0 Å². The maximum Gasteiger partial charge on any atom is 0.253 e. The lowest BCUT2D eigenvalue weighted by Gasteiger charge is -2.13. The largest absolute Gasteiger partial charge is 0.378 e. The van der Waals surface area contributed by atoms with E-state index in [9.17, 15) is 9.59 Å². The number of aromatic nitrogens is 1. The Bertz CT molecular complexity index is 639. The first-order valence-electron chi connectivity index (χ1n) is 6.82. The highest BCUT2D eigenvalue weighted by Gasteiger charge is 2.08. The standard InChI is InChI=1S/C16H18N4O2/c1-20(2)14-7-5-13(6-8-14)19-15(21)11-18-16(22)12-4-3-9-17-10-12/h3-10H,11H2,1-2H3,(H,18,22)(H,19,21). The van der Waals surface area contributed by atoms with Crippen LogP contribution < -0.4 is 15.5 Å². The van der Waals surface area contributed by atoms with Gasteiger partial charge in [-0.1, -0.05) is 0 Å². The first-order chi connectivity index (χ1) is 10.6. The molecule has 0 unspecified atom stereocenters. The smallest absolute Gasteiger partial charge is 0.253 e. The van der Waals surface area contributed by atoms with Gasteiger partial charge in [0, 0.05) is 37.9 Å². The van der Waals surface area contributed by atoms with Crippen molar-refractivity contribution in [3.05, 3.63) is 54.4 Å². The summed E-state index contributed by atoms with van der Waals surface area (Å²) in [6, 6.07) is 10.8. The van der Waals surface area contributed by atoms with Crippen LogP contribution in [0.4, 0.5) is 11.4 Å². The van der Waals surface area contributed by atoms with Crippen molar-refractivity contribution < 1.29 is 9.59 Å². The van der Waals surface area contributed by atoms with E-state index < -0.39 is 0 Å². The van der Waals surface area contributed by atoms with Crippen molar-refractivity contribution in [2.24, 2.45) is 0 Å². The molecule has 1 heterocycles.